The number of fused-ring (bicyclic) bond motifs is 1. The molecule has 0 amide bonds. The van der Waals surface area contributed by atoms with E-state index >= 15 is 0 Å². The van der Waals surface area contributed by atoms with E-state index in [2.05, 4.69) is 15.6 Å². The Morgan fingerprint density at radius 3 is 2.83 bits per heavy atom. The summed E-state index contributed by atoms with van der Waals surface area (Å²) in [7, 11) is 1.82. The zero-order valence-corrected chi connectivity index (χ0v) is 14.0. The molecule has 3 aromatic rings. The van der Waals surface area contributed by atoms with Crippen LogP contribution >= 0.6 is 0 Å². The summed E-state index contributed by atoms with van der Waals surface area (Å²) in [5.41, 5.74) is 4.02. The summed E-state index contributed by atoms with van der Waals surface area (Å²) in [6, 6.07) is 11.9. The van der Waals surface area contributed by atoms with Gasteiger partial charge in [-0.05, 0) is 36.1 Å². The summed E-state index contributed by atoms with van der Waals surface area (Å²) >= 11 is 0. The Balaban J connectivity index is 1.59. The number of aryl methyl sites for hydroxylation is 2. The summed E-state index contributed by atoms with van der Waals surface area (Å²) in [4.78, 5) is 16.5. The van der Waals surface area contributed by atoms with Crippen molar-refractivity contribution in [1.29, 1.82) is 0 Å². The minimum Gasteiger partial charge on any atom is -0.383 e. The maximum atomic E-state index is 12.4. The molecule has 0 saturated heterocycles. The number of benzene rings is 1. The van der Waals surface area contributed by atoms with Crippen molar-refractivity contribution in [3.8, 4) is 0 Å². The third kappa shape index (κ3) is 3.46. The number of hydrogen-bond donors (Lipinski definition) is 2. The van der Waals surface area contributed by atoms with Crippen molar-refractivity contribution in [2.45, 2.75) is 13.5 Å². The van der Waals surface area contributed by atoms with Gasteiger partial charge >= 0.3 is 0 Å². The van der Waals surface area contributed by atoms with Gasteiger partial charge in [-0.3, -0.25) is 9.78 Å². The average molecular weight is 322 g/mol. The van der Waals surface area contributed by atoms with E-state index < -0.39 is 0 Å². The molecule has 5 heteroatoms. The van der Waals surface area contributed by atoms with Gasteiger partial charge in [0.1, 0.15) is 0 Å². The van der Waals surface area contributed by atoms with Crippen LogP contribution in [0.1, 0.15) is 11.1 Å². The summed E-state index contributed by atoms with van der Waals surface area (Å²) < 4.78 is 1.71. The van der Waals surface area contributed by atoms with E-state index in [1.807, 2.05) is 56.6 Å². The first-order chi connectivity index (χ1) is 11.7. The lowest BCUT2D eigenvalue weighted by molar-refractivity contribution is 0.694. The molecule has 0 atom stereocenters. The van der Waals surface area contributed by atoms with E-state index in [9.17, 15) is 4.79 Å². The van der Waals surface area contributed by atoms with Crippen LogP contribution in [0.3, 0.4) is 0 Å². The molecule has 2 aromatic heterocycles. The largest absolute Gasteiger partial charge is 0.383 e. The van der Waals surface area contributed by atoms with Crippen molar-refractivity contribution in [3.63, 3.8) is 0 Å². The summed E-state index contributed by atoms with van der Waals surface area (Å²) in [6.45, 7) is 4.16. The van der Waals surface area contributed by atoms with Crippen LogP contribution in [0.4, 0.5) is 5.69 Å². The predicted octanol–water partition coefficient (Wildman–Crippen LogP) is 2.44. The lowest BCUT2D eigenvalue weighted by Crippen LogP contribution is -2.28. The maximum absolute atomic E-state index is 12.4. The summed E-state index contributed by atoms with van der Waals surface area (Å²) in [6.07, 6.45) is 3.62. The highest BCUT2D eigenvalue weighted by Crippen LogP contribution is 2.12. The first-order valence-corrected chi connectivity index (χ1v) is 8.09. The van der Waals surface area contributed by atoms with Gasteiger partial charge in [-0.25, -0.2) is 0 Å². The van der Waals surface area contributed by atoms with Gasteiger partial charge in [-0.2, -0.15) is 0 Å². The zero-order valence-electron chi connectivity index (χ0n) is 14.0. The highest BCUT2D eigenvalue weighted by molar-refractivity contribution is 5.79. The molecule has 24 heavy (non-hydrogen) atoms. The Labute approximate surface area is 141 Å². The van der Waals surface area contributed by atoms with Gasteiger partial charge in [0.05, 0.1) is 5.52 Å². The number of nitrogens with zero attached hydrogens (tertiary/aromatic N) is 2. The number of para-hydroxylation sites is 1. The van der Waals surface area contributed by atoms with Crippen molar-refractivity contribution in [2.24, 2.45) is 7.05 Å². The van der Waals surface area contributed by atoms with Gasteiger partial charge in [0.2, 0.25) is 0 Å². The van der Waals surface area contributed by atoms with E-state index in [0.29, 0.717) is 6.54 Å². The number of rotatable bonds is 6. The summed E-state index contributed by atoms with van der Waals surface area (Å²) in [5, 5.41) is 7.79. The van der Waals surface area contributed by atoms with Crippen molar-refractivity contribution in [1.82, 2.24) is 14.9 Å². The first kappa shape index (κ1) is 16.2. The Hall–Kier alpha value is -2.66. The Morgan fingerprint density at radius 2 is 2.00 bits per heavy atom. The molecule has 2 N–H and O–H groups in total. The highest BCUT2D eigenvalue weighted by Gasteiger charge is 2.05. The van der Waals surface area contributed by atoms with Crippen LogP contribution in [0.15, 0.2) is 53.6 Å². The monoisotopic (exact) mass is 322 g/mol. The number of anilines is 1. The minimum absolute atomic E-state index is 0.0548. The number of aromatic nitrogens is 2. The van der Waals surface area contributed by atoms with Crippen molar-refractivity contribution < 1.29 is 0 Å². The van der Waals surface area contributed by atoms with Gasteiger partial charge in [-0.15, -0.1) is 0 Å². The molecule has 0 saturated carbocycles. The molecule has 0 spiro atoms. The second kappa shape index (κ2) is 7.27. The van der Waals surface area contributed by atoms with Crippen LogP contribution in [-0.2, 0) is 13.6 Å². The highest BCUT2D eigenvalue weighted by atomic mass is 16.1. The SMILES string of the molecule is Cc1cnccc1NCCNCc1cc2ccccc2n(C)c1=O. The molecule has 3 rings (SSSR count). The Kier molecular flexibility index (Phi) is 4.91. The van der Waals surface area contributed by atoms with Crippen LogP contribution in [0.5, 0.6) is 0 Å². The van der Waals surface area contributed by atoms with Crippen LogP contribution < -0.4 is 16.2 Å². The molecule has 124 valence electrons. The van der Waals surface area contributed by atoms with E-state index in [1.54, 1.807) is 10.8 Å². The third-order valence-corrected chi connectivity index (χ3v) is 4.16. The molecular weight excluding hydrogens is 300 g/mol. The van der Waals surface area contributed by atoms with Crippen LogP contribution in [0.25, 0.3) is 10.9 Å². The second-order valence-corrected chi connectivity index (χ2v) is 5.89. The fraction of sp³-hybridized carbons (Fsp3) is 0.263. The molecule has 0 fully saturated rings. The van der Waals surface area contributed by atoms with E-state index in [1.165, 1.54) is 0 Å². The smallest absolute Gasteiger partial charge is 0.255 e. The molecule has 2 heterocycles. The standard InChI is InChI=1S/C19H22N4O/c1-14-12-20-8-7-17(14)22-10-9-21-13-16-11-15-5-3-4-6-18(15)23(2)19(16)24/h3-8,11-12,21H,9-10,13H2,1-2H3,(H,20,22). The Morgan fingerprint density at radius 1 is 1.17 bits per heavy atom. The number of hydrogen-bond acceptors (Lipinski definition) is 4. The number of nitrogens with one attached hydrogen (secondary N) is 2. The lowest BCUT2D eigenvalue weighted by atomic mass is 10.1. The Bertz CT molecular complexity index is 901. The minimum atomic E-state index is 0.0548. The molecule has 0 bridgehead atoms. The molecule has 0 aliphatic heterocycles. The molecule has 0 aliphatic rings. The average Bonchev–Trinajstić information content (AvgIpc) is 2.60. The molecule has 1 aromatic carbocycles. The second-order valence-electron chi connectivity index (χ2n) is 5.89. The molecule has 0 aliphatic carbocycles. The van der Waals surface area contributed by atoms with Gasteiger partial charge < -0.3 is 15.2 Å². The van der Waals surface area contributed by atoms with Crippen molar-refractivity contribution in [2.75, 3.05) is 18.4 Å². The molecule has 0 radical (unpaired) electrons. The lowest BCUT2D eigenvalue weighted by Gasteiger charge is -2.11. The van der Waals surface area contributed by atoms with Crippen LogP contribution in [-0.4, -0.2) is 22.6 Å². The quantitative estimate of drug-likeness (QED) is 0.685. The van der Waals surface area contributed by atoms with Gasteiger partial charge in [-0.1, -0.05) is 18.2 Å². The van der Waals surface area contributed by atoms with Crippen molar-refractivity contribution in [3.05, 3.63) is 70.3 Å². The van der Waals surface area contributed by atoms with E-state index in [0.717, 1.165) is 40.8 Å². The predicted molar refractivity (Wildman–Crippen MR) is 98.4 cm³/mol. The van der Waals surface area contributed by atoms with Gasteiger partial charge in [0, 0.05) is 50.3 Å². The zero-order chi connectivity index (χ0) is 16.9. The van der Waals surface area contributed by atoms with Gasteiger partial charge in [0.15, 0.2) is 0 Å². The van der Waals surface area contributed by atoms with Crippen LogP contribution in [0, 0.1) is 6.92 Å². The number of pyridine rings is 2. The van der Waals surface area contributed by atoms with Gasteiger partial charge in [0.25, 0.3) is 5.56 Å². The van der Waals surface area contributed by atoms with Crippen LogP contribution in [0.2, 0.25) is 0 Å². The molecule has 5 nitrogen and oxygen atoms in total. The van der Waals surface area contributed by atoms with E-state index in [4.69, 9.17) is 0 Å². The van der Waals surface area contributed by atoms with Crippen molar-refractivity contribution >= 4 is 16.6 Å². The fourth-order valence-corrected chi connectivity index (χ4v) is 2.80. The normalized spacial score (nSPS) is 10.9. The first-order valence-electron chi connectivity index (χ1n) is 8.09. The fourth-order valence-electron chi connectivity index (χ4n) is 2.80. The summed E-state index contributed by atoms with van der Waals surface area (Å²) in [5.74, 6) is 0. The molecule has 0 unspecified atom stereocenters. The topological polar surface area (TPSA) is 59.0 Å². The maximum Gasteiger partial charge on any atom is 0.255 e. The third-order valence-electron chi connectivity index (χ3n) is 4.16. The molecular formula is C19H22N4O. The van der Waals surface area contributed by atoms with E-state index in [-0.39, 0.29) is 5.56 Å².